The second kappa shape index (κ2) is 7.01. The van der Waals surface area contributed by atoms with Crippen molar-refractivity contribution in [3.63, 3.8) is 0 Å². The number of hydrogen-bond acceptors (Lipinski definition) is 4. The molecule has 1 aliphatic heterocycles. The van der Waals surface area contributed by atoms with Crippen LogP contribution >= 0.6 is 0 Å². The first-order valence-corrected chi connectivity index (χ1v) is 7.51. The first-order valence-electron chi connectivity index (χ1n) is 7.51. The molecule has 4 heteroatoms. The number of benzene rings is 2. The van der Waals surface area contributed by atoms with Crippen molar-refractivity contribution in [3.8, 4) is 11.5 Å². The van der Waals surface area contributed by atoms with Crippen molar-refractivity contribution in [1.82, 2.24) is 0 Å². The number of fused-ring (bicyclic) bond motifs is 1. The van der Waals surface area contributed by atoms with Crippen LogP contribution in [0, 0.1) is 6.92 Å². The lowest BCUT2D eigenvalue weighted by Gasteiger charge is -2.18. The molecule has 0 aromatic heterocycles. The van der Waals surface area contributed by atoms with E-state index in [0.29, 0.717) is 19.0 Å². The van der Waals surface area contributed by atoms with E-state index in [1.807, 2.05) is 49.4 Å². The minimum Gasteiger partial charge on any atom is -0.486 e. The van der Waals surface area contributed by atoms with E-state index in [4.69, 9.17) is 14.2 Å². The Hall–Kier alpha value is -2.75. The summed E-state index contributed by atoms with van der Waals surface area (Å²) in [5.74, 6) is 1.06. The molecule has 0 aliphatic carbocycles. The SMILES string of the molecule is Cc1ccccc1COC(=O)/C=C/c1ccc2c(c1)OCCO2. The van der Waals surface area contributed by atoms with E-state index < -0.39 is 0 Å². The summed E-state index contributed by atoms with van der Waals surface area (Å²) in [6.07, 6.45) is 3.13. The van der Waals surface area contributed by atoms with Crippen LogP contribution in [0.1, 0.15) is 16.7 Å². The van der Waals surface area contributed by atoms with E-state index in [1.165, 1.54) is 6.08 Å². The van der Waals surface area contributed by atoms with Crippen LogP contribution in [0.25, 0.3) is 6.08 Å². The van der Waals surface area contributed by atoms with Gasteiger partial charge in [-0.15, -0.1) is 0 Å². The Balaban J connectivity index is 1.59. The minimum absolute atomic E-state index is 0.275. The van der Waals surface area contributed by atoms with Gasteiger partial charge >= 0.3 is 5.97 Å². The summed E-state index contributed by atoms with van der Waals surface area (Å²) >= 11 is 0. The third-order valence-electron chi connectivity index (χ3n) is 3.61. The molecule has 3 rings (SSSR count). The average Bonchev–Trinajstić information content (AvgIpc) is 2.59. The molecule has 0 amide bonds. The smallest absolute Gasteiger partial charge is 0.331 e. The molecule has 4 nitrogen and oxygen atoms in total. The van der Waals surface area contributed by atoms with Crippen molar-refractivity contribution < 1.29 is 19.0 Å². The van der Waals surface area contributed by atoms with Gasteiger partial charge in [0.15, 0.2) is 11.5 Å². The molecule has 1 heterocycles. The third kappa shape index (κ3) is 3.92. The standard InChI is InChI=1S/C19H18O4/c1-14-4-2-3-5-16(14)13-23-19(20)9-7-15-6-8-17-18(12-15)22-11-10-21-17/h2-9,12H,10-11,13H2,1H3/b9-7+. The minimum atomic E-state index is -0.372. The maximum atomic E-state index is 11.8. The summed E-state index contributed by atoms with van der Waals surface area (Å²) < 4.78 is 16.2. The van der Waals surface area contributed by atoms with Crippen LogP contribution in [-0.4, -0.2) is 19.2 Å². The van der Waals surface area contributed by atoms with Gasteiger partial charge in [0.05, 0.1) is 0 Å². The van der Waals surface area contributed by atoms with Crippen molar-refractivity contribution in [2.24, 2.45) is 0 Å². The van der Waals surface area contributed by atoms with Gasteiger partial charge in [0, 0.05) is 6.08 Å². The van der Waals surface area contributed by atoms with Crippen LogP contribution in [-0.2, 0) is 16.1 Å². The Kier molecular flexibility index (Phi) is 4.62. The normalized spacial score (nSPS) is 13.1. The first-order chi connectivity index (χ1) is 11.2. The van der Waals surface area contributed by atoms with Gasteiger partial charge in [0.2, 0.25) is 0 Å². The number of aryl methyl sites for hydroxylation is 1. The van der Waals surface area contributed by atoms with Crippen LogP contribution in [0.15, 0.2) is 48.5 Å². The largest absolute Gasteiger partial charge is 0.486 e. The molecule has 2 aromatic rings. The second-order valence-electron chi connectivity index (χ2n) is 5.27. The molecule has 0 fully saturated rings. The lowest BCUT2D eigenvalue weighted by molar-refractivity contribution is -0.138. The topological polar surface area (TPSA) is 44.8 Å². The molecule has 1 aliphatic rings. The fourth-order valence-electron chi connectivity index (χ4n) is 2.30. The van der Waals surface area contributed by atoms with Crippen LogP contribution < -0.4 is 9.47 Å². The molecule has 2 aromatic carbocycles. The number of esters is 1. The van der Waals surface area contributed by atoms with Gasteiger partial charge in [-0.3, -0.25) is 0 Å². The predicted octanol–water partition coefficient (Wildman–Crippen LogP) is 3.52. The van der Waals surface area contributed by atoms with E-state index in [2.05, 4.69) is 0 Å². The molecule has 0 saturated heterocycles. The Bertz CT molecular complexity index is 734. The number of carbonyl (C=O) groups excluding carboxylic acids is 1. The first kappa shape index (κ1) is 15.2. The average molecular weight is 310 g/mol. The summed E-state index contributed by atoms with van der Waals surface area (Å²) in [4.78, 5) is 11.8. The summed E-state index contributed by atoms with van der Waals surface area (Å²) in [5, 5.41) is 0. The summed E-state index contributed by atoms with van der Waals surface area (Å²) in [5.41, 5.74) is 2.98. The third-order valence-corrected chi connectivity index (χ3v) is 3.61. The molecule has 23 heavy (non-hydrogen) atoms. The highest BCUT2D eigenvalue weighted by atomic mass is 16.6. The predicted molar refractivity (Wildman–Crippen MR) is 87.4 cm³/mol. The lowest BCUT2D eigenvalue weighted by Crippen LogP contribution is -2.15. The van der Waals surface area contributed by atoms with E-state index >= 15 is 0 Å². The molecular formula is C19H18O4. The highest BCUT2D eigenvalue weighted by molar-refractivity contribution is 5.87. The van der Waals surface area contributed by atoms with E-state index in [0.717, 1.165) is 22.4 Å². The van der Waals surface area contributed by atoms with Crippen LogP contribution in [0.4, 0.5) is 0 Å². The molecule has 0 bridgehead atoms. The quantitative estimate of drug-likeness (QED) is 0.640. The van der Waals surface area contributed by atoms with Crippen molar-refractivity contribution in [1.29, 1.82) is 0 Å². The molecular weight excluding hydrogens is 292 g/mol. The highest BCUT2D eigenvalue weighted by Crippen LogP contribution is 2.31. The van der Waals surface area contributed by atoms with Gasteiger partial charge < -0.3 is 14.2 Å². The Morgan fingerprint density at radius 1 is 1.13 bits per heavy atom. The number of rotatable bonds is 4. The van der Waals surface area contributed by atoms with Crippen molar-refractivity contribution >= 4 is 12.0 Å². The van der Waals surface area contributed by atoms with Gasteiger partial charge in [-0.2, -0.15) is 0 Å². The van der Waals surface area contributed by atoms with Crippen molar-refractivity contribution in [2.75, 3.05) is 13.2 Å². The Morgan fingerprint density at radius 2 is 1.91 bits per heavy atom. The van der Waals surface area contributed by atoms with Gasteiger partial charge in [-0.1, -0.05) is 30.3 Å². The molecule has 0 saturated carbocycles. The van der Waals surface area contributed by atoms with E-state index in [-0.39, 0.29) is 12.6 Å². The van der Waals surface area contributed by atoms with Crippen LogP contribution in [0.5, 0.6) is 11.5 Å². The lowest BCUT2D eigenvalue weighted by atomic mass is 10.1. The molecule has 0 radical (unpaired) electrons. The number of hydrogen-bond donors (Lipinski definition) is 0. The van der Waals surface area contributed by atoms with Crippen molar-refractivity contribution in [3.05, 3.63) is 65.2 Å². The van der Waals surface area contributed by atoms with Gasteiger partial charge in [-0.25, -0.2) is 4.79 Å². The second-order valence-corrected chi connectivity index (χ2v) is 5.27. The zero-order chi connectivity index (χ0) is 16.1. The Labute approximate surface area is 135 Å². The van der Waals surface area contributed by atoms with Crippen molar-refractivity contribution in [2.45, 2.75) is 13.5 Å². The fraction of sp³-hybridized carbons (Fsp3) is 0.211. The number of ether oxygens (including phenoxy) is 3. The molecule has 118 valence electrons. The zero-order valence-corrected chi connectivity index (χ0v) is 13.0. The van der Waals surface area contributed by atoms with E-state index in [1.54, 1.807) is 6.08 Å². The van der Waals surface area contributed by atoms with E-state index in [9.17, 15) is 4.79 Å². The number of carbonyl (C=O) groups is 1. The summed E-state index contributed by atoms with van der Waals surface area (Å²) in [7, 11) is 0. The summed E-state index contributed by atoms with van der Waals surface area (Å²) in [6, 6.07) is 13.4. The van der Waals surface area contributed by atoms with Crippen LogP contribution in [0.3, 0.4) is 0 Å². The fourth-order valence-corrected chi connectivity index (χ4v) is 2.30. The molecule has 0 atom stereocenters. The molecule has 0 unspecified atom stereocenters. The van der Waals surface area contributed by atoms with Gasteiger partial charge in [0.1, 0.15) is 19.8 Å². The maximum absolute atomic E-state index is 11.8. The maximum Gasteiger partial charge on any atom is 0.331 e. The van der Waals surface area contributed by atoms with Gasteiger partial charge in [0.25, 0.3) is 0 Å². The Morgan fingerprint density at radius 3 is 2.74 bits per heavy atom. The van der Waals surface area contributed by atoms with Gasteiger partial charge in [-0.05, 0) is 41.8 Å². The highest BCUT2D eigenvalue weighted by Gasteiger charge is 2.10. The summed E-state index contributed by atoms with van der Waals surface area (Å²) in [6.45, 7) is 3.37. The van der Waals surface area contributed by atoms with Crippen LogP contribution in [0.2, 0.25) is 0 Å². The molecule has 0 spiro atoms. The zero-order valence-electron chi connectivity index (χ0n) is 13.0. The monoisotopic (exact) mass is 310 g/mol. The molecule has 0 N–H and O–H groups in total.